The fourth-order valence-electron chi connectivity index (χ4n) is 1.12. The predicted molar refractivity (Wildman–Crippen MR) is 67.5 cm³/mol. The van der Waals surface area contributed by atoms with E-state index in [2.05, 4.69) is 0 Å². The number of phenolic OH excluding ortho intramolecular Hbond substituents is 2. The van der Waals surface area contributed by atoms with Crippen LogP contribution >= 0.6 is 0 Å². The van der Waals surface area contributed by atoms with Gasteiger partial charge in [0.1, 0.15) is 17.2 Å². The first-order valence-electron chi connectivity index (χ1n) is 5.18. The molecule has 2 aromatic carbocycles. The number of aromatic hydroxyl groups is 2. The Bertz CT molecular complexity index is 512. The first kappa shape index (κ1) is 13.4. The van der Waals surface area contributed by atoms with Crippen LogP contribution in [-0.4, -0.2) is 17.3 Å². The number of hydrogen-bond donors (Lipinski definition) is 2. The first-order chi connectivity index (χ1) is 8.65. The van der Waals surface area contributed by atoms with Crippen molar-refractivity contribution >= 4 is 0 Å². The molecule has 92 valence electrons. The van der Waals surface area contributed by atoms with E-state index in [0.29, 0.717) is 5.56 Å². The van der Waals surface area contributed by atoms with Crippen LogP contribution in [0.15, 0.2) is 48.5 Å². The lowest BCUT2D eigenvalue weighted by molar-refractivity contribution is 0.412. The molecule has 0 fully saturated rings. The molecular weight excluding hydrogens is 230 g/mol. The minimum absolute atomic E-state index is 0.189. The summed E-state index contributed by atoms with van der Waals surface area (Å²) in [5.74, 6) is 1.21. The summed E-state index contributed by atoms with van der Waals surface area (Å²) in [6, 6.07) is 14.6. The summed E-state index contributed by atoms with van der Waals surface area (Å²) in [6.07, 6.45) is 0. The van der Waals surface area contributed by atoms with E-state index >= 15 is 0 Å². The van der Waals surface area contributed by atoms with Crippen LogP contribution in [0.1, 0.15) is 5.56 Å². The summed E-state index contributed by atoms with van der Waals surface area (Å²) in [5, 5.41) is 25.8. The number of hydrogen-bond acceptors (Lipinski definition) is 4. The number of methoxy groups -OCH3 is 1. The van der Waals surface area contributed by atoms with Gasteiger partial charge in [0.05, 0.1) is 18.7 Å². The molecule has 0 spiro atoms. The van der Waals surface area contributed by atoms with Crippen LogP contribution in [0, 0.1) is 11.3 Å². The molecule has 0 aliphatic rings. The molecular formula is C14H13NO3. The summed E-state index contributed by atoms with van der Waals surface area (Å²) in [5.41, 5.74) is 0.563. The Morgan fingerprint density at radius 1 is 0.889 bits per heavy atom. The molecule has 0 aliphatic heterocycles. The zero-order valence-electron chi connectivity index (χ0n) is 9.87. The fourth-order valence-corrected chi connectivity index (χ4v) is 1.12. The van der Waals surface area contributed by atoms with E-state index in [4.69, 9.17) is 20.2 Å². The molecule has 18 heavy (non-hydrogen) atoms. The van der Waals surface area contributed by atoms with Crippen molar-refractivity contribution in [3.05, 3.63) is 54.1 Å². The van der Waals surface area contributed by atoms with Gasteiger partial charge in [0.2, 0.25) is 0 Å². The second-order valence-corrected chi connectivity index (χ2v) is 3.36. The number of phenols is 2. The zero-order chi connectivity index (χ0) is 13.4. The van der Waals surface area contributed by atoms with Gasteiger partial charge in [0, 0.05) is 0 Å². The Morgan fingerprint density at radius 3 is 1.72 bits per heavy atom. The molecule has 0 unspecified atom stereocenters. The smallest absolute Gasteiger partial charge is 0.119 e. The van der Waals surface area contributed by atoms with Crippen molar-refractivity contribution in [1.29, 1.82) is 5.26 Å². The lowest BCUT2D eigenvalue weighted by atomic mass is 10.2. The van der Waals surface area contributed by atoms with Gasteiger partial charge in [0.25, 0.3) is 0 Å². The number of ether oxygens (including phenoxy) is 1. The van der Waals surface area contributed by atoms with Crippen LogP contribution in [0.3, 0.4) is 0 Å². The maximum atomic E-state index is 8.80. The average molecular weight is 243 g/mol. The van der Waals surface area contributed by atoms with E-state index in [1.54, 1.807) is 43.5 Å². The van der Waals surface area contributed by atoms with Gasteiger partial charge in [-0.25, -0.2) is 0 Å². The molecule has 0 amide bonds. The highest BCUT2D eigenvalue weighted by molar-refractivity contribution is 5.33. The van der Waals surface area contributed by atoms with Gasteiger partial charge in [-0.05, 0) is 48.5 Å². The normalized spacial score (nSPS) is 8.67. The molecule has 0 saturated heterocycles. The van der Waals surface area contributed by atoms with E-state index in [9.17, 15) is 0 Å². The maximum Gasteiger partial charge on any atom is 0.119 e. The van der Waals surface area contributed by atoms with Gasteiger partial charge < -0.3 is 14.9 Å². The van der Waals surface area contributed by atoms with Crippen molar-refractivity contribution in [2.45, 2.75) is 0 Å². The highest BCUT2D eigenvalue weighted by Crippen LogP contribution is 2.14. The highest BCUT2D eigenvalue weighted by Gasteiger charge is 1.87. The number of benzene rings is 2. The second kappa shape index (κ2) is 6.81. The van der Waals surface area contributed by atoms with Crippen molar-refractivity contribution in [3.63, 3.8) is 0 Å². The molecule has 2 rings (SSSR count). The van der Waals surface area contributed by atoms with Gasteiger partial charge in [0.15, 0.2) is 0 Å². The Balaban J connectivity index is 0.000000180. The van der Waals surface area contributed by atoms with Crippen molar-refractivity contribution in [1.82, 2.24) is 0 Å². The third-order valence-corrected chi connectivity index (χ3v) is 2.07. The van der Waals surface area contributed by atoms with Crippen LogP contribution < -0.4 is 4.74 Å². The van der Waals surface area contributed by atoms with Gasteiger partial charge in [-0.15, -0.1) is 0 Å². The second-order valence-electron chi connectivity index (χ2n) is 3.36. The molecule has 0 heterocycles. The lowest BCUT2D eigenvalue weighted by Gasteiger charge is -1.96. The average Bonchev–Trinajstić information content (AvgIpc) is 2.41. The maximum absolute atomic E-state index is 8.80. The van der Waals surface area contributed by atoms with Crippen LogP contribution in [0.25, 0.3) is 0 Å². The fraction of sp³-hybridized carbons (Fsp3) is 0.0714. The van der Waals surface area contributed by atoms with E-state index in [-0.39, 0.29) is 11.5 Å². The van der Waals surface area contributed by atoms with E-state index < -0.39 is 0 Å². The van der Waals surface area contributed by atoms with Crippen LogP contribution in [0.5, 0.6) is 17.2 Å². The van der Waals surface area contributed by atoms with Crippen molar-refractivity contribution in [2.24, 2.45) is 0 Å². The van der Waals surface area contributed by atoms with Gasteiger partial charge in [-0.3, -0.25) is 0 Å². The Labute approximate surface area is 105 Å². The minimum atomic E-state index is 0.189. The number of rotatable bonds is 1. The Kier molecular flexibility index (Phi) is 5.07. The van der Waals surface area contributed by atoms with E-state index in [0.717, 1.165) is 5.75 Å². The van der Waals surface area contributed by atoms with Gasteiger partial charge in [-0.1, -0.05) is 0 Å². The quantitative estimate of drug-likeness (QED) is 0.807. The Hall–Kier alpha value is -2.67. The van der Waals surface area contributed by atoms with Crippen LogP contribution in [0.4, 0.5) is 0 Å². The molecule has 0 atom stereocenters. The largest absolute Gasteiger partial charge is 0.508 e. The summed E-state index contributed by atoms with van der Waals surface area (Å²) in [4.78, 5) is 0. The van der Waals surface area contributed by atoms with E-state index in [1.807, 2.05) is 6.07 Å². The minimum Gasteiger partial charge on any atom is -0.508 e. The Morgan fingerprint density at radius 2 is 1.33 bits per heavy atom. The molecule has 0 saturated carbocycles. The molecule has 4 heteroatoms. The van der Waals surface area contributed by atoms with Gasteiger partial charge in [-0.2, -0.15) is 5.26 Å². The molecule has 4 nitrogen and oxygen atoms in total. The lowest BCUT2D eigenvalue weighted by Crippen LogP contribution is -1.79. The summed E-state index contributed by atoms with van der Waals surface area (Å²) in [7, 11) is 1.59. The molecule has 0 aromatic heterocycles. The molecule has 2 aromatic rings. The molecule has 0 radical (unpaired) electrons. The summed E-state index contributed by atoms with van der Waals surface area (Å²) >= 11 is 0. The van der Waals surface area contributed by atoms with Crippen molar-refractivity contribution in [3.8, 4) is 23.3 Å². The van der Waals surface area contributed by atoms with Gasteiger partial charge >= 0.3 is 0 Å². The van der Waals surface area contributed by atoms with E-state index in [1.165, 1.54) is 12.1 Å². The SMILES string of the molecule is COc1ccc(O)cc1.N#Cc1ccc(O)cc1. The standard InChI is InChI=1S/C7H5NO.C7H8O2/c8-5-6-1-3-7(9)4-2-6;1-9-7-4-2-6(8)3-5-7/h1-4,9H;2-5,8H,1H3. The topological polar surface area (TPSA) is 73.5 Å². The summed E-state index contributed by atoms with van der Waals surface area (Å²) < 4.78 is 4.86. The highest BCUT2D eigenvalue weighted by atomic mass is 16.5. The monoisotopic (exact) mass is 243 g/mol. The van der Waals surface area contributed by atoms with Crippen molar-refractivity contribution < 1.29 is 14.9 Å². The third-order valence-electron chi connectivity index (χ3n) is 2.07. The zero-order valence-corrected chi connectivity index (χ0v) is 9.87. The molecule has 0 bridgehead atoms. The first-order valence-corrected chi connectivity index (χ1v) is 5.18. The van der Waals surface area contributed by atoms with Crippen molar-refractivity contribution in [2.75, 3.05) is 7.11 Å². The molecule has 0 aliphatic carbocycles. The number of nitriles is 1. The third kappa shape index (κ3) is 4.45. The van der Waals surface area contributed by atoms with Crippen LogP contribution in [-0.2, 0) is 0 Å². The number of nitrogens with zero attached hydrogens (tertiary/aromatic N) is 1. The van der Waals surface area contributed by atoms with Crippen LogP contribution in [0.2, 0.25) is 0 Å². The summed E-state index contributed by atoms with van der Waals surface area (Å²) in [6.45, 7) is 0. The molecule has 2 N–H and O–H groups in total. The predicted octanol–water partition coefficient (Wildman–Crippen LogP) is 2.66.